The van der Waals surface area contributed by atoms with Crippen LogP contribution in [-0.2, 0) is 23.1 Å². The summed E-state index contributed by atoms with van der Waals surface area (Å²) in [6, 6.07) is 3.64. The number of carbonyl (C=O) groups is 2. The number of piperidine rings is 1. The lowest BCUT2D eigenvalue weighted by atomic mass is 9.94. The van der Waals surface area contributed by atoms with Crippen molar-refractivity contribution >= 4 is 11.8 Å². The molecule has 1 aliphatic heterocycles. The Labute approximate surface area is 152 Å². The maximum absolute atomic E-state index is 12.6. The van der Waals surface area contributed by atoms with Gasteiger partial charge in [-0.25, -0.2) is 4.98 Å². The standard InChI is InChI=1S/C19H23N5O2/c1-23-11-10-21-19(23)18-15(4-5-17(26)24(18)14-2-3-14)22-16(25)12-13-6-8-20-9-7-13/h6-11,14-15,18H,2-5,12H2,1H3,(H,22,25)/t15-,18-/m1/s1. The van der Waals surface area contributed by atoms with Crippen LogP contribution in [0, 0.1) is 0 Å². The van der Waals surface area contributed by atoms with Gasteiger partial charge in [-0.15, -0.1) is 0 Å². The summed E-state index contributed by atoms with van der Waals surface area (Å²) in [5.74, 6) is 0.963. The Morgan fingerprint density at radius 3 is 2.65 bits per heavy atom. The van der Waals surface area contributed by atoms with Crippen LogP contribution in [0.3, 0.4) is 0 Å². The molecule has 0 bridgehead atoms. The summed E-state index contributed by atoms with van der Waals surface area (Å²) in [5, 5.41) is 3.16. The number of hydrogen-bond acceptors (Lipinski definition) is 4. The van der Waals surface area contributed by atoms with Crippen LogP contribution >= 0.6 is 0 Å². The fraction of sp³-hybridized carbons (Fsp3) is 0.474. The predicted molar refractivity (Wildman–Crippen MR) is 94.9 cm³/mol. The van der Waals surface area contributed by atoms with Crippen LogP contribution in [0.1, 0.15) is 43.1 Å². The molecule has 0 spiro atoms. The van der Waals surface area contributed by atoms with E-state index in [1.165, 1.54) is 0 Å². The Bertz CT molecular complexity index is 799. The Kier molecular flexibility index (Phi) is 4.44. The van der Waals surface area contributed by atoms with Gasteiger partial charge in [0.2, 0.25) is 11.8 Å². The average molecular weight is 353 g/mol. The molecule has 4 rings (SSSR count). The summed E-state index contributed by atoms with van der Waals surface area (Å²) >= 11 is 0. The number of imidazole rings is 1. The smallest absolute Gasteiger partial charge is 0.224 e. The Hall–Kier alpha value is -2.70. The molecule has 2 atom stereocenters. The Morgan fingerprint density at radius 1 is 1.23 bits per heavy atom. The van der Waals surface area contributed by atoms with E-state index in [0.29, 0.717) is 19.3 Å². The second-order valence-electron chi connectivity index (χ2n) is 7.12. The summed E-state index contributed by atoms with van der Waals surface area (Å²) in [7, 11) is 1.93. The van der Waals surface area contributed by atoms with Gasteiger partial charge in [-0.05, 0) is 37.0 Å². The van der Waals surface area contributed by atoms with Crippen LogP contribution in [-0.4, -0.2) is 43.3 Å². The lowest BCUT2D eigenvalue weighted by Crippen LogP contribution is -2.53. The molecule has 1 saturated carbocycles. The minimum absolute atomic E-state index is 0.0366. The fourth-order valence-electron chi connectivity index (χ4n) is 3.76. The van der Waals surface area contributed by atoms with Crippen LogP contribution in [0.25, 0.3) is 0 Å². The van der Waals surface area contributed by atoms with Crippen molar-refractivity contribution in [2.24, 2.45) is 7.05 Å². The monoisotopic (exact) mass is 353 g/mol. The number of carbonyl (C=O) groups excluding carboxylic acids is 2. The molecule has 2 fully saturated rings. The molecule has 7 nitrogen and oxygen atoms in total. The van der Waals surface area contributed by atoms with E-state index in [4.69, 9.17) is 0 Å². The number of nitrogens with zero attached hydrogens (tertiary/aromatic N) is 4. The number of aromatic nitrogens is 3. The van der Waals surface area contributed by atoms with E-state index in [9.17, 15) is 9.59 Å². The maximum atomic E-state index is 12.6. The number of rotatable bonds is 5. The summed E-state index contributed by atoms with van der Waals surface area (Å²) in [5.41, 5.74) is 0.928. The molecule has 26 heavy (non-hydrogen) atoms. The average Bonchev–Trinajstić information content (AvgIpc) is 3.38. The van der Waals surface area contributed by atoms with Gasteiger partial charge >= 0.3 is 0 Å². The zero-order valence-corrected chi connectivity index (χ0v) is 14.8. The van der Waals surface area contributed by atoms with E-state index in [1.807, 2.05) is 34.8 Å². The number of nitrogens with one attached hydrogen (secondary N) is 1. The molecular formula is C19H23N5O2. The molecule has 2 aromatic rings. The van der Waals surface area contributed by atoms with E-state index in [1.54, 1.807) is 18.6 Å². The van der Waals surface area contributed by atoms with Crippen molar-refractivity contribution in [3.05, 3.63) is 48.3 Å². The zero-order chi connectivity index (χ0) is 18.1. The van der Waals surface area contributed by atoms with Crippen LogP contribution < -0.4 is 5.32 Å². The zero-order valence-electron chi connectivity index (χ0n) is 14.8. The SMILES string of the molecule is Cn1ccnc1[C@H]1[C@H](NC(=O)Cc2ccncc2)CCC(=O)N1C1CC1. The fourth-order valence-corrected chi connectivity index (χ4v) is 3.76. The van der Waals surface area contributed by atoms with Crippen molar-refractivity contribution in [3.63, 3.8) is 0 Å². The molecule has 0 unspecified atom stereocenters. The van der Waals surface area contributed by atoms with Crippen molar-refractivity contribution < 1.29 is 9.59 Å². The number of pyridine rings is 1. The third kappa shape index (κ3) is 3.34. The van der Waals surface area contributed by atoms with Gasteiger partial charge in [0.25, 0.3) is 0 Å². The third-order valence-corrected chi connectivity index (χ3v) is 5.16. The largest absolute Gasteiger partial charge is 0.351 e. The van der Waals surface area contributed by atoms with Gasteiger partial charge in [-0.2, -0.15) is 0 Å². The van der Waals surface area contributed by atoms with E-state index >= 15 is 0 Å². The Balaban J connectivity index is 1.55. The maximum Gasteiger partial charge on any atom is 0.224 e. The summed E-state index contributed by atoms with van der Waals surface area (Å²) in [6.07, 6.45) is 10.5. The number of hydrogen-bond donors (Lipinski definition) is 1. The van der Waals surface area contributed by atoms with E-state index in [-0.39, 0.29) is 29.9 Å². The van der Waals surface area contributed by atoms with Crippen LogP contribution in [0.2, 0.25) is 0 Å². The lowest BCUT2D eigenvalue weighted by Gasteiger charge is -2.41. The first-order chi connectivity index (χ1) is 12.6. The quantitative estimate of drug-likeness (QED) is 0.880. The predicted octanol–water partition coefficient (Wildman–Crippen LogP) is 1.37. The molecule has 2 aliphatic rings. The highest BCUT2D eigenvalue weighted by Crippen LogP contribution is 2.40. The van der Waals surface area contributed by atoms with Crippen molar-refractivity contribution in [1.29, 1.82) is 0 Å². The first-order valence-corrected chi connectivity index (χ1v) is 9.10. The first-order valence-electron chi connectivity index (χ1n) is 9.10. The molecule has 1 saturated heterocycles. The number of likely N-dealkylation sites (tertiary alicyclic amines) is 1. The minimum Gasteiger partial charge on any atom is -0.351 e. The van der Waals surface area contributed by atoms with Crippen molar-refractivity contribution in [3.8, 4) is 0 Å². The van der Waals surface area contributed by atoms with Crippen LogP contribution in [0.15, 0.2) is 36.9 Å². The van der Waals surface area contributed by atoms with Crippen LogP contribution in [0.4, 0.5) is 0 Å². The molecule has 2 amide bonds. The number of aryl methyl sites for hydroxylation is 1. The second-order valence-corrected chi connectivity index (χ2v) is 7.12. The van der Waals surface area contributed by atoms with E-state index < -0.39 is 0 Å². The summed E-state index contributed by atoms with van der Waals surface area (Å²) in [4.78, 5) is 35.6. The van der Waals surface area contributed by atoms with Gasteiger partial charge in [0.15, 0.2) is 0 Å². The molecule has 1 aliphatic carbocycles. The molecular weight excluding hydrogens is 330 g/mol. The summed E-state index contributed by atoms with van der Waals surface area (Å²) in [6.45, 7) is 0. The molecule has 3 heterocycles. The van der Waals surface area contributed by atoms with Crippen LogP contribution in [0.5, 0.6) is 0 Å². The van der Waals surface area contributed by atoms with Gasteiger partial charge in [0.1, 0.15) is 11.9 Å². The molecule has 7 heteroatoms. The van der Waals surface area contributed by atoms with Crippen molar-refractivity contribution in [2.45, 2.75) is 50.2 Å². The minimum atomic E-state index is -0.204. The molecule has 0 aromatic carbocycles. The van der Waals surface area contributed by atoms with Gasteiger partial charge in [-0.1, -0.05) is 0 Å². The third-order valence-electron chi connectivity index (χ3n) is 5.16. The second kappa shape index (κ2) is 6.90. The summed E-state index contributed by atoms with van der Waals surface area (Å²) < 4.78 is 1.95. The molecule has 2 aromatic heterocycles. The lowest BCUT2D eigenvalue weighted by molar-refractivity contribution is -0.140. The van der Waals surface area contributed by atoms with E-state index in [2.05, 4.69) is 15.3 Å². The van der Waals surface area contributed by atoms with Gasteiger partial charge in [0, 0.05) is 44.3 Å². The molecule has 136 valence electrons. The van der Waals surface area contributed by atoms with Gasteiger partial charge < -0.3 is 14.8 Å². The highest BCUT2D eigenvalue weighted by Gasteiger charge is 2.46. The molecule has 1 N–H and O–H groups in total. The Morgan fingerprint density at radius 2 is 2.00 bits per heavy atom. The van der Waals surface area contributed by atoms with Crippen molar-refractivity contribution in [1.82, 2.24) is 24.8 Å². The van der Waals surface area contributed by atoms with Gasteiger partial charge in [0.05, 0.1) is 12.5 Å². The number of amides is 2. The van der Waals surface area contributed by atoms with Crippen molar-refractivity contribution in [2.75, 3.05) is 0 Å². The highest BCUT2D eigenvalue weighted by molar-refractivity contribution is 5.81. The highest BCUT2D eigenvalue weighted by atomic mass is 16.2. The normalized spacial score (nSPS) is 23.1. The molecule has 0 radical (unpaired) electrons. The first kappa shape index (κ1) is 16.8. The topological polar surface area (TPSA) is 80.1 Å². The van der Waals surface area contributed by atoms with Gasteiger partial charge in [-0.3, -0.25) is 14.6 Å². The van der Waals surface area contributed by atoms with E-state index in [0.717, 1.165) is 24.2 Å².